The van der Waals surface area contributed by atoms with Crippen molar-refractivity contribution in [3.63, 3.8) is 0 Å². The molecule has 0 aliphatic carbocycles. The third-order valence-corrected chi connectivity index (χ3v) is 6.53. The van der Waals surface area contributed by atoms with Gasteiger partial charge in [0.2, 0.25) is 0 Å². The third kappa shape index (κ3) is 4.61. The molecule has 4 aromatic rings. The lowest BCUT2D eigenvalue weighted by atomic mass is 10.1. The van der Waals surface area contributed by atoms with Gasteiger partial charge in [-0.05, 0) is 55.7 Å². The summed E-state index contributed by atoms with van der Waals surface area (Å²) in [6, 6.07) is 18.6. The van der Waals surface area contributed by atoms with Gasteiger partial charge in [0.25, 0.3) is 5.82 Å². The van der Waals surface area contributed by atoms with E-state index in [1.165, 1.54) is 18.3 Å². The Morgan fingerprint density at radius 1 is 0.944 bits per heavy atom. The van der Waals surface area contributed by atoms with Gasteiger partial charge in [-0.25, -0.2) is 13.3 Å². The van der Waals surface area contributed by atoms with E-state index in [1.54, 1.807) is 19.2 Å². The highest BCUT2D eigenvalue weighted by Crippen LogP contribution is 2.28. The first-order valence-corrected chi connectivity index (χ1v) is 12.0. The van der Waals surface area contributed by atoms with Gasteiger partial charge in [0.1, 0.15) is 6.20 Å². The molecule has 1 aliphatic heterocycles. The predicted octanol–water partition coefficient (Wildman–Crippen LogP) is 5.71. The summed E-state index contributed by atoms with van der Waals surface area (Å²) >= 11 is 0. The number of carbonyl (C=O) groups is 1. The van der Waals surface area contributed by atoms with Crippen LogP contribution in [0.5, 0.6) is 11.5 Å². The standard InChI is InChI=1S/C29H27F2N2O3/c1-35-27-11-5-4-10-24(27)33-18-25(32-17-6-2-3-12-28(32)33)20-13-15-21(16-14-20)26(34)19-36-29-22(30)8-7-9-23(29)31/h4-5,7-11,13-16,18H,2-3,6,12,17,19H2,1H3/q+1. The minimum atomic E-state index is -0.838. The maximum absolute atomic E-state index is 13.8. The quantitative estimate of drug-likeness (QED) is 0.247. The predicted molar refractivity (Wildman–Crippen MR) is 132 cm³/mol. The Bertz CT molecular complexity index is 1380. The molecule has 0 unspecified atom stereocenters. The van der Waals surface area contributed by atoms with Crippen LogP contribution in [0.15, 0.2) is 72.9 Å². The molecule has 0 N–H and O–H groups in total. The zero-order chi connectivity index (χ0) is 25.1. The number of fused-ring (bicyclic) bond motifs is 1. The number of imidazole rings is 1. The monoisotopic (exact) mass is 489 g/mol. The first kappa shape index (κ1) is 23.7. The molecule has 0 radical (unpaired) electrons. The summed E-state index contributed by atoms with van der Waals surface area (Å²) < 4.78 is 42.9. The molecule has 0 fully saturated rings. The normalized spacial score (nSPS) is 13.1. The maximum Gasteiger partial charge on any atom is 0.262 e. The third-order valence-electron chi connectivity index (χ3n) is 6.53. The Kier molecular flexibility index (Phi) is 6.80. The van der Waals surface area contributed by atoms with Crippen molar-refractivity contribution in [3.8, 4) is 28.4 Å². The average Bonchev–Trinajstić information content (AvgIpc) is 3.08. The molecule has 5 rings (SSSR count). The molecule has 0 atom stereocenters. The van der Waals surface area contributed by atoms with Crippen molar-refractivity contribution in [2.75, 3.05) is 13.7 Å². The van der Waals surface area contributed by atoms with Gasteiger partial charge in [-0.1, -0.05) is 30.3 Å². The number of hydrogen-bond donors (Lipinski definition) is 0. The lowest BCUT2D eigenvalue weighted by Gasteiger charge is -2.08. The molecule has 2 heterocycles. The highest BCUT2D eigenvalue weighted by atomic mass is 19.1. The van der Waals surface area contributed by atoms with E-state index in [2.05, 4.69) is 21.4 Å². The highest BCUT2D eigenvalue weighted by molar-refractivity contribution is 5.97. The Morgan fingerprint density at radius 3 is 2.44 bits per heavy atom. The zero-order valence-corrected chi connectivity index (χ0v) is 20.0. The lowest BCUT2D eigenvalue weighted by Crippen LogP contribution is -2.38. The number of halogens is 2. The average molecular weight is 490 g/mol. The largest absolute Gasteiger partial charge is 0.492 e. The lowest BCUT2D eigenvalue weighted by molar-refractivity contribution is -0.692. The van der Waals surface area contributed by atoms with Crippen molar-refractivity contribution in [2.45, 2.75) is 32.2 Å². The summed E-state index contributed by atoms with van der Waals surface area (Å²) in [4.78, 5) is 12.6. The molecule has 0 bridgehead atoms. The van der Waals surface area contributed by atoms with Crippen LogP contribution in [0.4, 0.5) is 8.78 Å². The number of Topliss-reactive ketones (excluding diaryl/α,β-unsaturated/α-hetero) is 1. The van der Waals surface area contributed by atoms with Gasteiger partial charge in [0, 0.05) is 17.5 Å². The molecule has 0 saturated carbocycles. The van der Waals surface area contributed by atoms with Crippen LogP contribution in [0.2, 0.25) is 0 Å². The number of nitrogens with zero attached hydrogens (tertiary/aromatic N) is 2. The number of rotatable bonds is 7. The van der Waals surface area contributed by atoms with E-state index >= 15 is 0 Å². The number of aromatic nitrogens is 2. The molecule has 5 nitrogen and oxygen atoms in total. The Balaban J connectivity index is 1.43. The van der Waals surface area contributed by atoms with Gasteiger partial charge in [-0.15, -0.1) is 0 Å². The molecule has 0 amide bonds. The number of ketones is 1. The SMILES string of the molecule is COc1ccccc1-n1cc(-c2ccc(C(=O)COc3c(F)cccc3F)cc2)[n+]2c1CCCCC2. The summed E-state index contributed by atoms with van der Waals surface area (Å²) in [6.07, 6.45) is 6.47. The van der Waals surface area contributed by atoms with Gasteiger partial charge in [0.15, 0.2) is 46.9 Å². The fourth-order valence-electron chi connectivity index (χ4n) is 4.71. The maximum atomic E-state index is 13.8. The van der Waals surface area contributed by atoms with Crippen LogP contribution in [0.25, 0.3) is 16.9 Å². The number of hydrogen-bond acceptors (Lipinski definition) is 3. The van der Waals surface area contributed by atoms with Gasteiger partial charge in [-0.2, -0.15) is 4.57 Å². The van der Waals surface area contributed by atoms with Crippen LogP contribution in [0.1, 0.15) is 35.4 Å². The van der Waals surface area contributed by atoms with E-state index in [4.69, 9.17) is 9.47 Å². The van der Waals surface area contributed by atoms with E-state index in [1.807, 2.05) is 30.3 Å². The van der Waals surface area contributed by atoms with Crippen molar-refractivity contribution >= 4 is 5.78 Å². The summed E-state index contributed by atoms with van der Waals surface area (Å²) in [5, 5.41) is 0. The summed E-state index contributed by atoms with van der Waals surface area (Å²) in [6.45, 7) is 0.459. The van der Waals surface area contributed by atoms with Crippen LogP contribution >= 0.6 is 0 Å². The second-order valence-corrected chi connectivity index (χ2v) is 8.77. The molecular formula is C29H27F2N2O3+. The van der Waals surface area contributed by atoms with Crippen molar-refractivity contribution in [3.05, 3.63) is 95.9 Å². The van der Waals surface area contributed by atoms with E-state index < -0.39 is 24.0 Å². The molecule has 184 valence electrons. The van der Waals surface area contributed by atoms with Crippen LogP contribution in [0.3, 0.4) is 0 Å². The number of benzene rings is 3. The summed E-state index contributed by atoms with van der Waals surface area (Å²) in [5.41, 5.74) is 3.43. The molecular weight excluding hydrogens is 462 g/mol. The molecule has 7 heteroatoms. The van der Waals surface area contributed by atoms with Gasteiger partial charge in [-0.3, -0.25) is 4.79 Å². The van der Waals surface area contributed by atoms with Gasteiger partial charge < -0.3 is 9.47 Å². The highest BCUT2D eigenvalue weighted by Gasteiger charge is 2.28. The fraction of sp³-hybridized carbons (Fsp3) is 0.241. The molecule has 0 spiro atoms. The second-order valence-electron chi connectivity index (χ2n) is 8.77. The van der Waals surface area contributed by atoms with Crippen molar-refractivity contribution in [2.24, 2.45) is 0 Å². The number of ether oxygens (including phenoxy) is 2. The smallest absolute Gasteiger partial charge is 0.262 e. The number of carbonyl (C=O) groups excluding carboxylic acids is 1. The van der Waals surface area contributed by atoms with Crippen LogP contribution in [0, 0.1) is 11.6 Å². The van der Waals surface area contributed by atoms with Gasteiger partial charge in [0.05, 0.1) is 13.7 Å². The van der Waals surface area contributed by atoms with Crippen LogP contribution < -0.4 is 14.0 Å². The Morgan fingerprint density at radius 2 is 1.69 bits per heavy atom. The second kappa shape index (κ2) is 10.3. The Labute approximate surface area is 208 Å². The van der Waals surface area contributed by atoms with Crippen LogP contribution in [-0.2, 0) is 13.0 Å². The number of methoxy groups -OCH3 is 1. The zero-order valence-electron chi connectivity index (χ0n) is 20.0. The molecule has 1 aromatic heterocycles. The van der Waals surface area contributed by atoms with Crippen molar-refractivity contribution in [1.82, 2.24) is 4.57 Å². The van der Waals surface area contributed by atoms with Crippen LogP contribution in [-0.4, -0.2) is 24.1 Å². The number of para-hydroxylation sites is 3. The topological polar surface area (TPSA) is 44.3 Å². The van der Waals surface area contributed by atoms with E-state index in [0.29, 0.717) is 5.56 Å². The first-order chi connectivity index (χ1) is 17.6. The summed E-state index contributed by atoms with van der Waals surface area (Å²) in [5.74, 6) is -0.557. The van der Waals surface area contributed by atoms with Gasteiger partial charge >= 0.3 is 0 Å². The minimum Gasteiger partial charge on any atom is -0.492 e. The molecule has 3 aromatic carbocycles. The summed E-state index contributed by atoms with van der Waals surface area (Å²) in [7, 11) is 1.68. The fourth-order valence-corrected chi connectivity index (χ4v) is 4.71. The van der Waals surface area contributed by atoms with E-state index in [0.717, 1.165) is 60.6 Å². The van der Waals surface area contributed by atoms with E-state index in [9.17, 15) is 13.6 Å². The van der Waals surface area contributed by atoms with E-state index in [-0.39, 0.29) is 5.78 Å². The minimum absolute atomic E-state index is 0.359. The van der Waals surface area contributed by atoms with Crippen molar-refractivity contribution < 1.29 is 27.6 Å². The molecule has 36 heavy (non-hydrogen) atoms. The molecule has 0 saturated heterocycles. The first-order valence-electron chi connectivity index (χ1n) is 12.0. The Hall–Kier alpha value is -4.00. The molecule has 1 aliphatic rings. The van der Waals surface area contributed by atoms with Crippen molar-refractivity contribution in [1.29, 1.82) is 0 Å².